The smallest absolute Gasteiger partial charge is 0.342 e. The molecule has 4 heterocycles. The lowest BCUT2D eigenvalue weighted by atomic mass is 9.51. The number of carbonyl (C=O) groups is 2. The van der Waals surface area contributed by atoms with Gasteiger partial charge in [0.1, 0.15) is 17.8 Å². The highest BCUT2D eigenvalue weighted by Crippen LogP contribution is 2.84. The average Bonchev–Trinajstić information content (AvgIpc) is 3.34. The van der Waals surface area contributed by atoms with Gasteiger partial charge in [0, 0.05) is 5.92 Å². The van der Waals surface area contributed by atoms with Gasteiger partial charge in [0.25, 0.3) is 0 Å². The third-order valence-corrected chi connectivity index (χ3v) is 9.02. The predicted molar refractivity (Wildman–Crippen MR) is 98.6 cm³/mol. The quantitative estimate of drug-likeness (QED) is 0.448. The van der Waals surface area contributed by atoms with E-state index in [0.29, 0.717) is 6.42 Å². The zero-order valence-electron chi connectivity index (χ0n) is 16.7. The molecule has 4 saturated heterocycles. The maximum atomic E-state index is 13.4. The van der Waals surface area contributed by atoms with Gasteiger partial charge in [0.2, 0.25) is 11.9 Å². The highest BCUT2D eigenvalue weighted by molar-refractivity contribution is 5.91. The van der Waals surface area contributed by atoms with Gasteiger partial charge in [0.05, 0.1) is 23.5 Å². The number of rotatable bonds is 0. The Morgan fingerprint density at radius 2 is 1.80 bits per heavy atom. The Morgan fingerprint density at radius 1 is 1.13 bits per heavy atom. The summed E-state index contributed by atoms with van der Waals surface area (Å²) < 4.78 is 23.2. The summed E-state index contributed by atoms with van der Waals surface area (Å²) in [4.78, 5) is 25.9. The highest BCUT2D eigenvalue weighted by atomic mass is 16.8. The lowest BCUT2D eigenvalue weighted by Crippen LogP contribution is -2.67. The number of ether oxygens (including phenoxy) is 4. The largest absolute Gasteiger partial charge is 0.459 e. The molecule has 2 aliphatic carbocycles. The Labute approximate surface area is 174 Å². The van der Waals surface area contributed by atoms with Crippen molar-refractivity contribution in [3.05, 3.63) is 0 Å². The van der Waals surface area contributed by atoms with Gasteiger partial charge in [-0.3, -0.25) is 0 Å². The minimum absolute atomic E-state index is 0. The molecule has 0 amide bonds. The fourth-order valence-corrected chi connectivity index (χ4v) is 8.23. The number of aliphatic hydroxyl groups excluding tert-OH is 2. The van der Waals surface area contributed by atoms with Crippen LogP contribution in [0.3, 0.4) is 0 Å². The summed E-state index contributed by atoms with van der Waals surface area (Å²) in [5, 5.41) is 34.8. The van der Waals surface area contributed by atoms with E-state index in [-0.39, 0.29) is 20.0 Å². The van der Waals surface area contributed by atoms with Gasteiger partial charge < -0.3 is 34.3 Å². The van der Waals surface area contributed by atoms with E-state index in [1.807, 2.05) is 20.8 Å². The SMILES string of the molecule is C.C[C@@H]1COC2[C@H](O)C34C5C[C@@H](C(C)(C)C)C36[C@@H](OC(=O)[C@@H]6O)O[C@@]4(C(=O)O5)[C@]21O. The third kappa shape index (κ3) is 1.47. The molecule has 0 aromatic rings. The number of carbonyl (C=O) groups excluding carboxylic acids is 2. The molecule has 9 nitrogen and oxygen atoms in total. The van der Waals surface area contributed by atoms with Crippen LogP contribution in [-0.2, 0) is 28.5 Å². The number of aliphatic hydroxyl groups is 3. The molecule has 0 bridgehead atoms. The van der Waals surface area contributed by atoms with Crippen molar-refractivity contribution in [2.45, 2.75) is 83.5 Å². The molecule has 9 heteroatoms. The van der Waals surface area contributed by atoms with Crippen molar-refractivity contribution < 1.29 is 43.9 Å². The van der Waals surface area contributed by atoms with Gasteiger partial charge in [-0.05, 0) is 17.8 Å². The molecule has 2 spiro atoms. The molecular formula is C21H30O9. The maximum Gasteiger partial charge on any atom is 0.342 e. The van der Waals surface area contributed by atoms with Crippen LogP contribution < -0.4 is 0 Å². The molecule has 0 aromatic carbocycles. The van der Waals surface area contributed by atoms with E-state index in [4.69, 9.17) is 18.9 Å². The molecule has 3 N–H and O–H groups in total. The fraction of sp³-hybridized carbons (Fsp3) is 0.905. The Balaban J connectivity index is 0.00000193. The maximum absolute atomic E-state index is 13.4. The first-order valence-corrected chi connectivity index (χ1v) is 10.2. The summed E-state index contributed by atoms with van der Waals surface area (Å²) in [7, 11) is 0. The molecule has 11 atom stereocenters. The van der Waals surface area contributed by atoms with Gasteiger partial charge in [-0.25, -0.2) is 9.59 Å². The minimum atomic E-state index is -1.98. The van der Waals surface area contributed by atoms with Crippen molar-refractivity contribution in [3.8, 4) is 0 Å². The molecule has 168 valence electrons. The number of hydrogen-bond acceptors (Lipinski definition) is 9. The second-order valence-corrected chi connectivity index (χ2v) is 10.7. The molecule has 6 rings (SSSR count). The summed E-state index contributed by atoms with van der Waals surface area (Å²) in [6, 6.07) is 0. The Morgan fingerprint density at radius 3 is 2.43 bits per heavy atom. The molecule has 0 aromatic heterocycles. The summed E-state index contributed by atoms with van der Waals surface area (Å²) in [5.41, 5.74) is -7.28. The molecule has 30 heavy (non-hydrogen) atoms. The van der Waals surface area contributed by atoms with E-state index < -0.39 is 76.0 Å². The number of fused-ring (bicyclic) bond motifs is 1. The molecule has 4 unspecified atom stereocenters. The van der Waals surface area contributed by atoms with E-state index >= 15 is 0 Å². The average molecular weight is 426 g/mol. The Bertz CT molecular complexity index is 852. The second-order valence-electron chi connectivity index (χ2n) is 10.7. The van der Waals surface area contributed by atoms with Crippen LogP contribution in [0.15, 0.2) is 0 Å². The van der Waals surface area contributed by atoms with Crippen molar-refractivity contribution >= 4 is 11.9 Å². The van der Waals surface area contributed by atoms with Crippen molar-refractivity contribution in [1.29, 1.82) is 0 Å². The minimum Gasteiger partial charge on any atom is -0.459 e. The molecule has 4 aliphatic heterocycles. The fourth-order valence-electron chi connectivity index (χ4n) is 8.23. The van der Waals surface area contributed by atoms with Crippen LogP contribution in [0.2, 0.25) is 0 Å². The van der Waals surface area contributed by atoms with Crippen LogP contribution >= 0.6 is 0 Å². The van der Waals surface area contributed by atoms with Gasteiger partial charge in [0.15, 0.2) is 6.10 Å². The number of hydrogen-bond donors (Lipinski definition) is 3. The Kier molecular flexibility index (Phi) is 3.58. The standard InChI is InChI=1S/C20H26O9.CH4/c1-7-6-26-12-10(21)18-9-5-8(16(2,3)4)17(18)11(22)13(23)28-15(17)29-20(18,14(24)27-9)19(7,12)25;/h7-12,15,21-22,25H,5-6H2,1-4H3;1H4/t7-,8+,9?,10+,11+,12?,15+,17?,18?,19-,20-;/m1./s1. The topological polar surface area (TPSA) is 132 Å². The molecule has 0 radical (unpaired) electrons. The number of esters is 2. The summed E-state index contributed by atoms with van der Waals surface area (Å²) in [5.74, 6) is -2.55. The summed E-state index contributed by atoms with van der Waals surface area (Å²) >= 11 is 0. The van der Waals surface area contributed by atoms with Crippen LogP contribution in [0.1, 0.15) is 41.5 Å². The summed E-state index contributed by atoms with van der Waals surface area (Å²) in [6.45, 7) is 7.77. The van der Waals surface area contributed by atoms with Crippen molar-refractivity contribution in [2.24, 2.45) is 28.1 Å². The zero-order valence-corrected chi connectivity index (χ0v) is 16.7. The van der Waals surface area contributed by atoms with E-state index in [9.17, 15) is 24.9 Å². The predicted octanol–water partition coefficient (Wildman–Crippen LogP) is -0.260. The van der Waals surface area contributed by atoms with E-state index in [2.05, 4.69) is 0 Å². The molecule has 6 aliphatic rings. The first-order valence-electron chi connectivity index (χ1n) is 10.2. The second kappa shape index (κ2) is 5.20. The van der Waals surface area contributed by atoms with Crippen LogP contribution in [-0.4, -0.2) is 75.8 Å². The third-order valence-electron chi connectivity index (χ3n) is 9.02. The van der Waals surface area contributed by atoms with Gasteiger partial charge in [-0.1, -0.05) is 35.1 Å². The molecular weight excluding hydrogens is 396 g/mol. The van der Waals surface area contributed by atoms with Crippen molar-refractivity contribution in [1.82, 2.24) is 0 Å². The van der Waals surface area contributed by atoms with Crippen LogP contribution in [0.5, 0.6) is 0 Å². The first kappa shape index (κ1) is 20.6. The normalized spacial score (nSPS) is 59.9. The molecule has 2 saturated carbocycles. The Hall–Kier alpha value is -1.26. The van der Waals surface area contributed by atoms with E-state index in [1.165, 1.54) is 0 Å². The van der Waals surface area contributed by atoms with Crippen molar-refractivity contribution in [3.63, 3.8) is 0 Å². The van der Waals surface area contributed by atoms with Gasteiger partial charge in [-0.15, -0.1) is 0 Å². The van der Waals surface area contributed by atoms with Crippen LogP contribution in [0, 0.1) is 28.1 Å². The van der Waals surface area contributed by atoms with E-state index in [0.717, 1.165) is 0 Å². The molecule has 6 fully saturated rings. The zero-order chi connectivity index (χ0) is 20.9. The monoisotopic (exact) mass is 426 g/mol. The van der Waals surface area contributed by atoms with Crippen LogP contribution in [0.25, 0.3) is 0 Å². The first-order chi connectivity index (χ1) is 13.4. The van der Waals surface area contributed by atoms with Crippen molar-refractivity contribution in [2.75, 3.05) is 6.61 Å². The van der Waals surface area contributed by atoms with Gasteiger partial charge in [-0.2, -0.15) is 0 Å². The summed E-state index contributed by atoms with van der Waals surface area (Å²) in [6.07, 6.45) is -5.87. The lowest BCUT2D eigenvalue weighted by molar-refractivity contribution is -0.239. The van der Waals surface area contributed by atoms with E-state index in [1.54, 1.807) is 6.92 Å². The van der Waals surface area contributed by atoms with Crippen LogP contribution in [0.4, 0.5) is 0 Å². The highest BCUT2D eigenvalue weighted by Gasteiger charge is 3.03. The van der Waals surface area contributed by atoms with Gasteiger partial charge >= 0.3 is 11.9 Å². The lowest BCUT2D eigenvalue weighted by Gasteiger charge is -2.47.